The molecule has 3 atom stereocenters. The normalized spacial score (nSPS) is 20.3. The van der Waals surface area contributed by atoms with Gasteiger partial charge in [0.2, 0.25) is 0 Å². The van der Waals surface area contributed by atoms with E-state index in [-0.39, 0.29) is 36.2 Å². The Kier molecular flexibility index (Phi) is 9.38. The van der Waals surface area contributed by atoms with Crippen molar-refractivity contribution in [2.24, 2.45) is 11.8 Å². The number of hydrogen-bond acceptors (Lipinski definition) is 6. The van der Waals surface area contributed by atoms with E-state index >= 15 is 0 Å². The fourth-order valence-electron chi connectivity index (χ4n) is 3.15. The summed E-state index contributed by atoms with van der Waals surface area (Å²) >= 11 is 2.67. The van der Waals surface area contributed by atoms with Crippen LogP contribution in [0.15, 0.2) is 33.8 Å². The Morgan fingerprint density at radius 2 is 2.17 bits per heavy atom. The molecule has 1 saturated carbocycles. The minimum absolute atomic E-state index is 0.0124. The molecule has 1 aliphatic carbocycles. The van der Waals surface area contributed by atoms with Gasteiger partial charge < -0.3 is 10.2 Å². The van der Waals surface area contributed by atoms with Gasteiger partial charge in [-0.05, 0) is 31.6 Å². The molecular formula is C19H22F3NO4S2. The van der Waals surface area contributed by atoms with Gasteiger partial charge in [-0.25, -0.2) is 14.2 Å². The van der Waals surface area contributed by atoms with Gasteiger partial charge in [0.1, 0.15) is 5.78 Å². The Morgan fingerprint density at radius 3 is 2.83 bits per heavy atom. The van der Waals surface area contributed by atoms with Crippen LogP contribution in [0.4, 0.5) is 13.2 Å². The number of carboxylic acid groups (broad SMARTS) is 1. The van der Waals surface area contributed by atoms with Gasteiger partial charge in [-0.3, -0.25) is 4.79 Å². The standard InChI is InChI=1S/C19H22F3NO4S2/c20-14(17(21)22)6-5-12(24)3-1-2-11-4-7-16(25)13(11)8-9-28-19-23-15(10-29-19)18(26)27/h1-2,10-13,24H,3-9H2,(H,26,27)/b2-1+/t11-,12?,13+/m0/s1. The number of halogens is 3. The van der Waals surface area contributed by atoms with Crippen LogP contribution in [0.3, 0.4) is 0 Å². The summed E-state index contributed by atoms with van der Waals surface area (Å²) in [5, 5.41) is 20.1. The molecule has 0 aromatic carbocycles. The van der Waals surface area contributed by atoms with Crippen molar-refractivity contribution < 1.29 is 33.0 Å². The first-order valence-corrected chi connectivity index (χ1v) is 11.0. The number of ketones is 1. The van der Waals surface area contributed by atoms with Gasteiger partial charge in [-0.15, -0.1) is 11.3 Å². The van der Waals surface area contributed by atoms with Crippen LogP contribution in [0.2, 0.25) is 0 Å². The summed E-state index contributed by atoms with van der Waals surface area (Å²) in [6.07, 6.45) is 1.77. The molecular weight excluding hydrogens is 427 g/mol. The molecule has 29 heavy (non-hydrogen) atoms. The number of thiazole rings is 1. The Balaban J connectivity index is 1.77. The number of carboxylic acids is 1. The molecule has 0 bridgehead atoms. The number of aromatic nitrogens is 1. The summed E-state index contributed by atoms with van der Waals surface area (Å²) in [6, 6.07) is 0. The number of hydrogen-bond donors (Lipinski definition) is 2. The molecule has 0 spiro atoms. The molecule has 10 heteroatoms. The fraction of sp³-hybridized carbons (Fsp3) is 0.526. The summed E-state index contributed by atoms with van der Waals surface area (Å²) in [4.78, 5) is 27.0. The van der Waals surface area contributed by atoms with Crippen LogP contribution in [0, 0.1) is 11.8 Å². The van der Waals surface area contributed by atoms with E-state index in [0.29, 0.717) is 29.4 Å². The molecule has 2 rings (SSSR count). The van der Waals surface area contributed by atoms with Gasteiger partial charge in [0.05, 0.1) is 6.10 Å². The zero-order valence-electron chi connectivity index (χ0n) is 15.5. The van der Waals surface area contributed by atoms with Crippen LogP contribution in [0.1, 0.15) is 49.0 Å². The smallest absolute Gasteiger partial charge is 0.355 e. The first kappa shape index (κ1) is 23.6. The SMILES string of the molecule is O=C(O)c1csc(SCC[C@H]2C(=O)CC[C@@H]2/C=C/CC(O)CCC(F)=C(F)F)n1. The Morgan fingerprint density at radius 1 is 1.41 bits per heavy atom. The predicted octanol–water partition coefficient (Wildman–Crippen LogP) is 5.08. The number of rotatable bonds is 11. The van der Waals surface area contributed by atoms with Crippen molar-refractivity contribution in [1.29, 1.82) is 0 Å². The van der Waals surface area contributed by atoms with Crippen molar-refractivity contribution in [3.8, 4) is 0 Å². The highest BCUT2D eigenvalue weighted by Crippen LogP contribution is 2.35. The second-order valence-corrected chi connectivity index (χ2v) is 8.94. The van der Waals surface area contributed by atoms with Gasteiger partial charge in [0.15, 0.2) is 15.9 Å². The maximum atomic E-state index is 12.8. The van der Waals surface area contributed by atoms with E-state index in [9.17, 15) is 27.9 Å². The minimum atomic E-state index is -2.35. The van der Waals surface area contributed by atoms with Crippen molar-refractivity contribution in [2.45, 2.75) is 49.0 Å². The molecule has 1 aliphatic rings. The molecule has 0 saturated heterocycles. The minimum Gasteiger partial charge on any atom is -0.476 e. The van der Waals surface area contributed by atoms with Crippen LogP contribution in [-0.4, -0.2) is 38.8 Å². The lowest BCUT2D eigenvalue weighted by atomic mass is 9.92. The number of aromatic carboxylic acids is 1. The average Bonchev–Trinajstić information content (AvgIpc) is 3.28. The average molecular weight is 450 g/mol. The zero-order valence-corrected chi connectivity index (χ0v) is 17.2. The number of carbonyl (C=O) groups is 2. The molecule has 2 N–H and O–H groups in total. The highest BCUT2D eigenvalue weighted by Gasteiger charge is 2.32. The first-order valence-electron chi connectivity index (χ1n) is 9.16. The molecule has 0 radical (unpaired) electrons. The maximum absolute atomic E-state index is 12.8. The van der Waals surface area contributed by atoms with Crippen molar-refractivity contribution in [2.75, 3.05) is 5.75 Å². The molecule has 1 aromatic heterocycles. The predicted molar refractivity (Wildman–Crippen MR) is 105 cm³/mol. The molecule has 1 unspecified atom stereocenters. The van der Waals surface area contributed by atoms with Gasteiger partial charge in [0, 0.05) is 29.9 Å². The van der Waals surface area contributed by atoms with E-state index in [2.05, 4.69) is 4.98 Å². The molecule has 1 heterocycles. The number of aliphatic hydroxyl groups excluding tert-OH is 1. The van der Waals surface area contributed by atoms with Crippen molar-refractivity contribution in [1.82, 2.24) is 4.98 Å². The van der Waals surface area contributed by atoms with Crippen LogP contribution >= 0.6 is 23.1 Å². The van der Waals surface area contributed by atoms with Gasteiger partial charge in [0.25, 0.3) is 0 Å². The van der Waals surface area contributed by atoms with Crippen LogP contribution in [0.5, 0.6) is 0 Å². The molecule has 5 nitrogen and oxygen atoms in total. The monoisotopic (exact) mass is 449 g/mol. The Labute approximate surface area is 174 Å². The number of thioether (sulfide) groups is 1. The third-order valence-electron chi connectivity index (χ3n) is 4.70. The number of Topliss-reactive ketones (excluding diaryl/α,β-unsaturated/α-hetero) is 1. The molecule has 0 amide bonds. The molecule has 1 aromatic rings. The third-order valence-corrected chi connectivity index (χ3v) is 6.76. The lowest BCUT2D eigenvalue weighted by molar-refractivity contribution is -0.121. The summed E-state index contributed by atoms with van der Waals surface area (Å²) in [6.45, 7) is 0. The van der Waals surface area contributed by atoms with Crippen LogP contribution in [0.25, 0.3) is 0 Å². The summed E-state index contributed by atoms with van der Waals surface area (Å²) in [7, 11) is 0. The lowest BCUT2D eigenvalue weighted by Crippen LogP contribution is -2.14. The van der Waals surface area contributed by atoms with Gasteiger partial charge in [-0.2, -0.15) is 8.78 Å². The van der Waals surface area contributed by atoms with Crippen LogP contribution < -0.4 is 0 Å². The van der Waals surface area contributed by atoms with Crippen molar-refractivity contribution in [3.63, 3.8) is 0 Å². The van der Waals surface area contributed by atoms with E-state index in [0.717, 1.165) is 0 Å². The Bertz CT molecular complexity index is 777. The van der Waals surface area contributed by atoms with E-state index < -0.39 is 30.4 Å². The highest BCUT2D eigenvalue weighted by atomic mass is 32.2. The topological polar surface area (TPSA) is 87.5 Å². The van der Waals surface area contributed by atoms with E-state index in [1.807, 2.05) is 6.08 Å². The quantitative estimate of drug-likeness (QED) is 0.362. The first-order chi connectivity index (χ1) is 13.8. The number of aliphatic hydroxyl groups is 1. The summed E-state index contributed by atoms with van der Waals surface area (Å²) in [5.41, 5.74) is 0.0124. The highest BCUT2D eigenvalue weighted by molar-refractivity contribution is 8.01. The lowest BCUT2D eigenvalue weighted by Gasteiger charge is -2.14. The number of carbonyl (C=O) groups excluding carboxylic acids is 1. The van der Waals surface area contributed by atoms with Crippen molar-refractivity contribution >= 4 is 34.9 Å². The maximum Gasteiger partial charge on any atom is 0.355 e. The molecule has 1 fully saturated rings. The van der Waals surface area contributed by atoms with Gasteiger partial charge in [-0.1, -0.05) is 23.9 Å². The number of nitrogens with zero attached hydrogens (tertiary/aromatic N) is 1. The molecule has 0 aliphatic heterocycles. The van der Waals surface area contributed by atoms with Gasteiger partial charge >= 0.3 is 12.0 Å². The van der Waals surface area contributed by atoms with Crippen molar-refractivity contribution in [3.05, 3.63) is 35.1 Å². The zero-order chi connectivity index (χ0) is 21.4. The fourth-order valence-corrected chi connectivity index (χ4v) is 5.04. The van der Waals surface area contributed by atoms with E-state index in [1.165, 1.54) is 28.5 Å². The largest absolute Gasteiger partial charge is 0.476 e. The second kappa shape index (κ2) is 11.5. The third kappa shape index (κ3) is 7.60. The van der Waals surface area contributed by atoms with E-state index in [1.54, 1.807) is 6.08 Å². The summed E-state index contributed by atoms with van der Waals surface area (Å²) < 4.78 is 37.4. The number of allylic oxidation sites excluding steroid dienone is 2. The molecule has 160 valence electrons. The second-order valence-electron chi connectivity index (χ2n) is 6.74. The Hall–Kier alpha value is -1.65. The van der Waals surface area contributed by atoms with Crippen LogP contribution in [-0.2, 0) is 4.79 Å². The summed E-state index contributed by atoms with van der Waals surface area (Å²) in [5.74, 6) is -1.85. The van der Waals surface area contributed by atoms with E-state index in [4.69, 9.17) is 5.11 Å².